The van der Waals surface area contributed by atoms with Crippen molar-refractivity contribution in [3.63, 3.8) is 0 Å². The summed E-state index contributed by atoms with van der Waals surface area (Å²) in [6, 6.07) is 12.8. The normalized spacial score (nSPS) is 14.7. The smallest absolute Gasteiger partial charge is 0.236 e. The second-order valence-corrected chi connectivity index (χ2v) is 9.22. The van der Waals surface area contributed by atoms with Crippen LogP contribution in [0.4, 0.5) is 11.5 Å². The van der Waals surface area contributed by atoms with Gasteiger partial charge in [-0.15, -0.1) is 0 Å². The molecule has 2 heterocycles. The molecule has 1 atom stereocenters. The lowest BCUT2D eigenvalue weighted by atomic mass is 9.87. The zero-order chi connectivity index (χ0) is 21.1. The molecule has 2 aromatic heterocycles. The minimum Gasteiger partial charge on any atom is -0.325 e. The summed E-state index contributed by atoms with van der Waals surface area (Å²) in [6.45, 7) is 3.64. The number of hydrogen-bond donors (Lipinski definition) is 2. The van der Waals surface area contributed by atoms with Gasteiger partial charge in [0.1, 0.15) is 16.8 Å². The summed E-state index contributed by atoms with van der Waals surface area (Å²) in [5, 5.41) is 3.16. The zero-order valence-electron chi connectivity index (χ0n) is 16.8. The highest BCUT2D eigenvalue weighted by Gasteiger charge is 2.32. The summed E-state index contributed by atoms with van der Waals surface area (Å²) in [5.41, 5.74) is 2.11. The Morgan fingerprint density at radius 1 is 1.10 bits per heavy atom. The van der Waals surface area contributed by atoms with Gasteiger partial charge in [-0.2, -0.15) is 0 Å². The van der Waals surface area contributed by atoms with Gasteiger partial charge in [0.15, 0.2) is 0 Å². The summed E-state index contributed by atoms with van der Waals surface area (Å²) in [4.78, 5) is 25.9. The summed E-state index contributed by atoms with van der Waals surface area (Å²) in [5.74, 6) is 0.342. The molecule has 1 aliphatic carbocycles. The van der Waals surface area contributed by atoms with Gasteiger partial charge in [0.05, 0.1) is 28.2 Å². The van der Waals surface area contributed by atoms with Gasteiger partial charge in [0.25, 0.3) is 0 Å². The number of anilines is 2. The van der Waals surface area contributed by atoms with Crippen LogP contribution in [0.2, 0.25) is 0 Å². The average Bonchev–Trinajstić information content (AvgIpc) is 3.61. The number of benzene rings is 1. The van der Waals surface area contributed by atoms with E-state index in [4.69, 9.17) is 0 Å². The van der Waals surface area contributed by atoms with Gasteiger partial charge in [-0.05, 0) is 51.0 Å². The molecule has 0 spiro atoms. The molecule has 1 unspecified atom stereocenters. The average molecular weight is 422 g/mol. The van der Waals surface area contributed by atoms with E-state index in [-0.39, 0.29) is 11.2 Å². The minimum absolute atomic E-state index is 0.178. The first kappa shape index (κ1) is 20.2. The maximum atomic E-state index is 13.0. The SMILES string of the molecule is CC(C)(C(=O)Nc1ccc(-c2cnccn2)cc1)c1cccc(NS(=O)C2CC2)n1. The van der Waals surface area contributed by atoms with E-state index >= 15 is 0 Å². The predicted molar refractivity (Wildman–Crippen MR) is 118 cm³/mol. The summed E-state index contributed by atoms with van der Waals surface area (Å²) in [6.07, 6.45) is 6.91. The Hall–Kier alpha value is -3.13. The van der Waals surface area contributed by atoms with Crippen molar-refractivity contribution in [1.29, 1.82) is 0 Å². The molecule has 154 valence electrons. The van der Waals surface area contributed by atoms with Crippen molar-refractivity contribution in [2.75, 3.05) is 10.0 Å². The standard InChI is InChI=1S/C22H23N5O2S/c1-22(2,19-4-3-5-20(26-19)27-30(29)17-10-11-17)21(28)25-16-8-6-15(7-9-16)18-14-23-12-13-24-18/h3-9,12-14,17H,10-11H2,1-2H3,(H,25,28)(H,26,27). The Kier molecular flexibility index (Phi) is 5.59. The number of rotatable bonds is 7. The van der Waals surface area contributed by atoms with Gasteiger partial charge in [-0.1, -0.05) is 18.2 Å². The Bertz CT molecular complexity index is 1070. The van der Waals surface area contributed by atoms with Crippen LogP contribution in [0.3, 0.4) is 0 Å². The second-order valence-electron chi connectivity index (χ2n) is 7.75. The van der Waals surface area contributed by atoms with E-state index in [9.17, 15) is 9.00 Å². The third kappa shape index (κ3) is 4.54. The molecular weight excluding hydrogens is 398 g/mol. The van der Waals surface area contributed by atoms with Crippen molar-refractivity contribution in [2.45, 2.75) is 37.4 Å². The van der Waals surface area contributed by atoms with E-state index < -0.39 is 16.4 Å². The highest BCUT2D eigenvalue weighted by Crippen LogP contribution is 2.28. The number of aromatic nitrogens is 3. The van der Waals surface area contributed by atoms with Crippen molar-refractivity contribution in [3.05, 3.63) is 66.7 Å². The maximum Gasteiger partial charge on any atom is 0.236 e. The van der Waals surface area contributed by atoms with E-state index in [1.165, 1.54) is 0 Å². The number of pyridine rings is 1. The fourth-order valence-electron chi connectivity index (χ4n) is 2.88. The summed E-state index contributed by atoms with van der Waals surface area (Å²) < 4.78 is 15.1. The van der Waals surface area contributed by atoms with Crippen LogP contribution in [0.5, 0.6) is 0 Å². The van der Waals surface area contributed by atoms with E-state index in [1.807, 2.05) is 50.2 Å². The zero-order valence-corrected chi connectivity index (χ0v) is 17.6. The molecule has 1 aliphatic rings. The summed E-state index contributed by atoms with van der Waals surface area (Å²) in [7, 11) is -1.13. The second kappa shape index (κ2) is 8.31. The Morgan fingerprint density at radius 2 is 1.87 bits per heavy atom. The molecule has 30 heavy (non-hydrogen) atoms. The third-order valence-electron chi connectivity index (χ3n) is 4.99. The maximum absolute atomic E-state index is 13.0. The largest absolute Gasteiger partial charge is 0.325 e. The highest BCUT2D eigenvalue weighted by molar-refractivity contribution is 7.87. The quantitative estimate of drug-likeness (QED) is 0.606. The Balaban J connectivity index is 1.46. The molecule has 0 aliphatic heterocycles. The lowest BCUT2D eigenvalue weighted by Crippen LogP contribution is -2.35. The molecule has 0 saturated heterocycles. The van der Waals surface area contributed by atoms with Crippen LogP contribution in [0, 0.1) is 0 Å². The lowest BCUT2D eigenvalue weighted by Gasteiger charge is -2.23. The molecule has 1 aromatic carbocycles. The molecule has 4 rings (SSSR count). The van der Waals surface area contributed by atoms with Crippen LogP contribution in [0.25, 0.3) is 11.3 Å². The molecule has 1 fully saturated rings. The van der Waals surface area contributed by atoms with Gasteiger partial charge in [0, 0.05) is 23.6 Å². The number of carbonyl (C=O) groups excluding carboxylic acids is 1. The fraction of sp³-hybridized carbons (Fsp3) is 0.273. The molecule has 0 radical (unpaired) electrons. The number of nitrogens with one attached hydrogen (secondary N) is 2. The van der Waals surface area contributed by atoms with E-state index in [0.29, 0.717) is 17.2 Å². The first-order chi connectivity index (χ1) is 14.4. The number of amides is 1. The van der Waals surface area contributed by atoms with Crippen LogP contribution < -0.4 is 10.0 Å². The lowest BCUT2D eigenvalue weighted by molar-refractivity contribution is -0.120. The molecule has 3 aromatic rings. The monoisotopic (exact) mass is 421 g/mol. The van der Waals surface area contributed by atoms with Crippen LogP contribution >= 0.6 is 0 Å². The minimum atomic E-state index is -1.13. The molecule has 0 bridgehead atoms. The van der Waals surface area contributed by atoms with E-state index in [0.717, 1.165) is 24.1 Å². The predicted octanol–water partition coefficient (Wildman–Crippen LogP) is 3.69. The van der Waals surface area contributed by atoms with Crippen molar-refractivity contribution >= 4 is 28.4 Å². The van der Waals surface area contributed by atoms with Crippen LogP contribution in [0.15, 0.2) is 61.1 Å². The molecule has 8 heteroatoms. The van der Waals surface area contributed by atoms with Crippen LogP contribution in [0.1, 0.15) is 32.4 Å². The van der Waals surface area contributed by atoms with Crippen molar-refractivity contribution in [1.82, 2.24) is 15.0 Å². The van der Waals surface area contributed by atoms with Gasteiger partial charge in [-0.3, -0.25) is 19.5 Å². The number of carbonyl (C=O) groups is 1. The van der Waals surface area contributed by atoms with Crippen molar-refractivity contribution in [2.24, 2.45) is 0 Å². The highest BCUT2D eigenvalue weighted by atomic mass is 32.2. The third-order valence-corrected chi connectivity index (χ3v) is 6.48. The van der Waals surface area contributed by atoms with Crippen molar-refractivity contribution < 1.29 is 9.00 Å². The van der Waals surface area contributed by atoms with E-state index in [2.05, 4.69) is 25.0 Å². The van der Waals surface area contributed by atoms with Crippen molar-refractivity contribution in [3.8, 4) is 11.3 Å². The number of hydrogen-bond acceptors (Lipinski definition) is 5. The Labute approximate surface area is 178 Å². The fourth-order valence-corrected chi connectivity index (χ4v) is 3.94. The molecule has 2 N–H and O–H groups in total. The number of nitrogens with zero attached hydrogens (tertiary/aromatic N) is 3. The van der Waals surface area contributed by atoms with Crippen LogP contribution in [-0.4, -0.2) is 30.3 Å². The first-order valence-electron chi connectivity index (χ1n) is 9.76. The van der Waals surface area contributed by atoms with Gasteiger partial charge in [0.2, 0.25) is 5.91 Å². The van der Waals surface area contributed by atoms with E-state index in [1.54, 1.807) is 24.7 Å². The Morgan fingerprint density at radius 3 is 2.53 bits per heavy atom. The molecule has 1 amide bonds. The van der Waals surface area contributed by atoms with Gasteiger partial charge in [-0.25, -0.2) is 9.19 Å². The molecule has 7 nitrogen and oxygen atoms in total. The first-order valence-corrected chi connectivity index (χ1v) is 11.0. The van der Waals surface area contributed by atoms with Gasteiger partial charge >= 0.3 is 0 Å². The topological polar surface area (TPSA) is 96.9 Å². The summed E-state index contributed by atoms with van der Waals surface area (Å²) >= 11 is 0. The van der Waals surface area contributed by atoms with Gasteiger partial charge < -0.3 is 5.32 Å². The molecular formula is C22H23N5O2S. The van der Waals surface area contributed by atoms with Crippen LogP contribution in [-0.2, 0) is 21.2 Å². The molecule has 1 saturated carbocycles.